The van der Waals surface area contributed by atoms with E-state index in [0.29, 0.717) is 49.0 Å². The highest BCUT2D eigenvalue weighted by Gasteiger charge is 2.21. The first-order valence-corrected chi connectivity index (χ1v) is 9.29. The summed E-state index contributed by atoms with van der Waals surface area (Å²) in [6.07, 6.45) is 1.80. The van der Waals surface area contributed by atoms with E-state index >= 15 is 0 Å². The number of morpholine rings is 1. The van der Waals surface area contributed by atoms with Crippen molar-refractivity contribution in [2.45, 2.75) is 6.92 Å². The number of aromatic nitrogens is 3. The van der Waals surface area contributed by atoms with Crippen molar-refractivity contribution < 1.29 is 19.0 Å². The van der Waals surface area contributed by atoms with Crippen molar-refractivity contribution in [1.82, 2.24) is 14.6 Å². The molecule has 0 radical (unpaired) electrons. The fourth-order valence-electron chi connectivity index (χ4n) is 3.48. The van der Waals surface area contributed by atoms with Crippen molar-refractivity contribution in [3.63, 3.8) is 0 Å². The number of fused-ring (bicyclic) bond motifs is 1. The van der Waals surface area contributed by atoms with Gasteiger partial charge in [-0.05, 0) is 36.2 Å². The number of pyridine rings is 1. The molecule has 2 aromatic heterocycles. The Morgan fingerprint density at radius 3 is 2.62 bits per heavy atom. The largest absolute Gasteiger partial charge is 0.478 e. The van der Waals surface area contributed by atoms with Gasteiger partial charge in [-0.3, -0.25) is 0 Å². The first-order chi connectivity index (χ1) is 13.8. The molecule has 1 saturated heterocycles. The predicted molar refractivity (Wildman–Crippen MR) is 107 cm³/mol. The lowest BCUT2D eigenvalue weighted by molar-refractivity contribution is 0.0692. The topological polar surface area (TPSA) is 83.2 Å². The molecule has 0 unspecified atom stereocenters. The zero-order valence-electron chi connectivity index (χ0n) is 16.5. The smallest absolute Gasteiger partial charge is 0.338 e. The van der Waals surface area contributed by atoms with Gasteiger partial charge in [0, 0.05) is 38.9 Å². The molecule has 3 aromatic rings. The molecule has 9 heteroatoms. The van der Waals surface area contributed by atoms with E-state index in [2.05, 4.69) is 15.0 Å². The lowest BCUT2D eigenvalue weighted by atomic mass is 9.98. The Hall–Kier alpha value is -3.20. The van der Waals surface area contributed by atoms with Gasteiger partial charge in [0.05, 0.1) is 24.5 Å². The van der Waals surface area contributed by atoms with E-state index in [1.54, 1.807) is 17.6 Å². The van der Waals surface area contributed by atoms with Crippen LogP contribution in [0.2, 0.25) is 0 Å². The monoisotopic (exact) mass is 399 g/mol. The van der Waals surface area contributed by atoms with Crippen molar-refractivity contribution in [2.24, 2.45) is 0 Å². The lowest BCUT2D eigenvalue weighted by Gasteiger charge is -2.29. The van der Waals surface area contributed by atoms with Crippen LogP contribution in [-0.4, -0.2) is 66.1 Å². The average Bonchev–Trinajstić information content (AvgIpc) is 3.12. The molecular formula is C20H22FN5O3. The van der Waals surface area contributed by atoms with E-state index in [4.69, 9.17) is 4.74 Å². The van der Waals surface area contributed by atoms with Crippen LogP contribution in [0.25, 0.3) is 16.8 Å². The van der Waals surface area contributed by atoms with E-state index < -0.39 is 11.8 Å². The van der Waals surface area contributed by atoms with Crippen LogP contribution in [0.3, 0.4) is 0 Å². The van der Waals surface area contributed by atoms with Gasteiger partial charge in [-0.1, -0.05) is 0 Å². The number of rotatable bonds is 4. The van der Waals surface area contributed by atoms with Gasteiger partial charge in [0.25, 0.3) is 0 Å². The average molecular weight is 399 g/mol. The zero-order valence-corrected chi connectivity index (χ0v) is 16.5. The third-order valence-corrected chi connectivity index (χ3v) is 5.01. The predicted octanol–water partition coefficient (Wildman–Crippen LogP) is 2.44. The van der Waals surface area contributed by atoms with Crippen LogP contribution in [0.4, 0.5) is 16.0 Å². The minimum atomic E-state index is -1.30. The Kier molecular flexibility index (Phi) is 4.83. The summed E-state index contributed by atoms with van der Waals surface area (Å²) in [6.45, 7) is 4.42. The molecule has 1 aliphatic heterocycles. The van der Waals surface area contributed by atoms with E-state index in [-0.39, 0.29) is 5.56 Å². The van der Waals surface area contributed by atoms with E-state index in [1.165, 1.54) is 12.1 Å². The molecule has 8 nitrogen and oxygen atoms in total. The maximum absolute atomic E-state index is 14.1. The van der Waals surface area contributed by atoms with Gasteiger partial charge in [0.15, 0.2) is 5.65 Å². The molecule has 0 atom stereocenters. The SMILES string of the molecule is Cc1cc(F)c(C(=O)O)cc1-c1cc(N2CCOCC2)c2nc(N(C)C)nn2c1. The number of carboxylic acid groups (broad SMARTS) is 1. The normalized spacial score (nSPS) is 14.4. The minimum absolute atomic E-state index is 0.355. The van der Waals surface area contributed by atoms with Crippen molar-refractivity contribution in [2.75, 3.05) is 50.2 Å². The minimum Gasteiger partial charge on any atom is -0.478 e. The molecule has 1 fully saturated rings. The van der Waals surface area contributed by atoms with Crippen molar-refractivity contribution in [3.8, 4) is 11.1 Å². The van der Waals surface area contributed by atoms with Gasteiger partial charge in [0.2, 0.25) is 5.95 Å². The number of aromatic carboxylic acids is 1. The maximum atomic E-state index is 14.1. The summed E-state index contributed by atoms with van der Waals surface area (Å²) in [6, 6.07) is 4.59. The highest BCUT2D eigenvalue weighted by atomic mass is 19.1. The number of aryl methyl sites for hydroxylation is 1. The Morgan fingerprint density at radius 1 is 1.24 bits per heavy atom. The van der Waals surface area contributed by atoms with Crippen LogP contribution in [0.15, 0.2) is 24.4 Å². The Balaban J connectivity index is 1.93. The quantitative estimate of drug-likeness (QED) is 0.721. The summed E-state index contributed by atoms with van der Waals surface area (Å²) in [5, 5.41) is 13.9. The molecule has 4 rings (SSSR count). The molecule has 152 valence electrons. The molecule has 0 saturated carbocycles. The van der Waals surface area contributed by atoms with Crippen molar-refractivity contribution in [3.05, 3.63) is 41.3 Å². The summed E-state index contributed by atoms with van der Waals surface area (Å²) in [7, 11) is 3.74. The molecule has 1 aliphatic rings. The lowest BCUT2D eigenvalue weighted by Crippen LogP contribution is -2.36. The molecule has 29 heavy (non-hydrogen) atoms. The second kappa shape index (κ2) is 7.32. The van der Waals surface area contributed by atoms with Gasteiger partial charge >= 0.3 is 5.97 Å². The number of benzene rings is 1. The molecule has 0 aliphatic carbocycles. The molecular weight excluding hydrogens is 377 g/mol. The number of anilines is 2. The number of carboxylic acids is 1. The summed E-state index contributed by atoms with van der Waals surface area (Å²) >= 11 is 0. The second-order valence-electron chi connectivity index (χ2n) is 7.24. The van der Waals surface area contributed by atoms with Crippen LogP contribution < -0.4 is 9.80 Å². The van der Waals surface area contributed by atoms with E-state index in [9.17, 15) is 14.3 Å². The molecule has 0 spiro atoms. The third-order valence-electron chi connectivity index (χ3n) is 5.01. The summed E-state index contributed by atoms with van der Waals surface area (Å²) in [4.78, 5) is 20.1. The van der Waals surface area contributed by atoms with Gasteiger partial charge < -0.3 is 19.6 Å². The number of nitrogens with zero attached hydrogens (tertiary/aromatic N) is 5. The first kappa shape index (κ1) is 19.1. The van der Waals surface area contributed by atoms with Gasteiger partial charge in [0.1, 0.15) is 5.82 Å². The fraction of sp³-hybridized carbons (Fsp3) is 0.350. The number of hydrogen-bond donors (Lipinski definition) is 1. The van der Waals surface area contributed by atoms with E-state index in [1.807, 2.05) is 25.1 Å². The molecule has 1 aromatic carbocycles. The van der Waals surface area contributed by atoms with Crippen molar-refractivity contribution >= 4 is 23.3 Å². The Morgan fingerprint density at radius 2 is 1.97 bits per heavy atom. The van der Waals surface area contributed by atoms with Crippen LogP contribution in [0.1, 0.15) is 15.9 Å². The number of hydrogen-bond acceptors (Lipinski definition) is 6. The van der Waals surface area contributed by atoms with Crippen LogP contribution >= 0.6 is 0 Å². The summed E-state index contributed by atoms with van der Waals surface area (Å²) in [5.41, 5.74) is 3.26. The molecule has 0 bridgehead atoms. The van der Waals surface area contributed by atoms with Crippen molar-refractivity contribution in [1.29, 1.82) is 0 Å². The first-order valence-electron chi connectivity index (χ1n) is 9.29. The highest BCUT2D eigenvalue weighted by molar-refractivity contribution is 5.91. The van der Waals surface area contributed by atoms with Gasteiger partial charge in [-0.25, -0.2) is 13.7 Å². The second-order valence-corrected chi connectivity index (χ2v) is 7.24. The van der Waals surface area contributed by atoms with Gasteiger partial charge in [-0.2, -0.15) is 4.98 Å². The third kappa shape index (κ3) is 3.49. The number of ether oxygens (including phenoxy) is 1. The number of carbonyl (C=O) groups is 1. The summed E-state index contributed by atoms with van der Waals surface area (Å²) in [5.74, 6) is -1.48. The maximum Gasteiger partial charge on any atom is 0.338 e. The van der Waals surface area contributed by atoms with Crippen LogP contribution in [-0.2, 0) is 4.74 Å². The zero-order chi connectivity index (χ0) is 20.7. The van der Waals surface area contributed by atoms with Crippen LogP contribution in [0.5, 0.6) is 0 Å². The molecule has 3 heterocycles. The summed E-state index contributed by atoms with van der Waals surface area (Å²) < 4.78 is 21.2. The van der Waals surface area contributed by atoms with Gasteiger partial charge in [-0.15, -0.1) is 5.10 Å². The molecule has 0 amide bonds. The molecule has 1 N–H and O–H groups in total. The number of halogens is 1. The highest BCUT2D eigenvalue weighted by Crippen LogP contribution is 2.32. The Bertz CT molecular complexity index is 1090. The Labute approximate surface area is 167 Å². The van der Waals surface area contributed by atoms with Crippen LogP contribution in [0, 0.1) is 12.7 Å². The standard InChI is InChI=1S/C20H22FN5O3/c1-12-8-16(21)15(19(27)28)10-14(12)13-9-17(25-4-6-29-7-5-25)18-22-20(24(2)3)23-26(18)11-13/h8-11H,4-7H2,1-3H3,(H,27,28). The fourth-order valence-corrected chi connectivity index (χ4v) is 3.48. The van der Waals surface area contributed by atoms with E-state index in [0.717, 1.165) is 11.3 Å².